The van der Waals surface area contributed by atoms with E-state index in [0.29, 0.717) is 36.5 Å². The lowest BCUT2D eigenvalue weighted by atomic mass is 10.0. The number of carbonyl (C=O) groups excluding carboxylic acids is 2. The van der Waals surface area contributed by atoms with Gasteiger partial charge in [0.05, 0.1) is 13.7 Å². The van der Waals surface area contributed by atoms with Gasteiger partial charge >= 0.3 is 0 Å². The van der Waals surface area contributed by atoms with E-state index in [-0.39, 0.29) is 11.7 Å². The SMILES string of the molecule is COc1cc(C(C)=O)ccc1OCCCC(=O)Nc1c(C)cc(C)cc1C. The fourth-order valence-electron chi connectivity index (χ4n) is 3.00. The first-order valence-corrected chi connectivity index (χ1v) is 9.01. The monoisotopic (exact) mass is 369 g/mol. The number of rotatable bonds is 8. The maximum absolute atomic E-state index is 12.2. The van der Waals surface area contributed by atoms with Crippen LogP contribution in [0.5, 0.6) is 11.5 Å². The second kappa shape index (κ2) is 9.21. The standard InChI is InChI=1S/C22H27NO4/c1-14-11-15(2)22(16(3)12-14)23-21(25)7-6-10-27-19-9-8-18(17(4)24)13-20(19)26-5/h8-9,11-13H,6-7,10H2,1-5H3,(H,23,25). The zero-order valence-corrected chi connectivity index (χ0v) is 16.6. The Morgan fingerprint density at radius 3 is 2.26 bits per heavy atom. The van der Waals surface area contributed by atoms with Gasteiger partial charge in [-0.1, -0.05) is 17.7 Å². The molecule has 0 aliphatic heterocycles. The first-order valence-electron chi connectivity index (χ1n) is 9.01. The topological polar surface area (TPSA) is 64.6 Å². The summed E-state index contributed by atoms with van der Waals surface area (Å²) in [7, 11) is 1.53. The zero-order valence-electron chi connectivity index (χ0n) is 16.6. The lowest BCUT2D eigenvalue weighted by Crippen LogP contribution is -2.14. The van der Waals surface area contributed by atoms with Gasteiger partial charge in [-0.3, -0.25) is 9.59 Å². The third-order valence-corrected chi connectivity index (χ3v) is 4.32. The number of methoxy groups -OCH3 is 1. The maximum atomic E-state index is 12.2. The van der Waals surface area contributed by atoms with E-state index < -0.39 is 0 Å². The fraction of sp³-hybridized carbons (Fsp3) is 0.364. The van der Waals surface area contributed by atoms with Crippen molar-refractivity contribution in [1.82, 2.24) is 0 Å². The van der Waals surface area contributed by atoms with Crippen LogP contribution in [0.3, 0.4) is 0 Å². The highest BCUT2D eigenvalue weighted by atomic mass is 16.5. The molecule has 0 aliphatic rings. The van der Waals surface area contributed by atoms with E-state index in [2.05, 4.69) is 17.4 Å². The van der Waals surface area contributed by atoms with Gasteiger partial charge in [-0.25, -0.2) is 0 Å². The van der Waals surface area contributed by atoms with Gasteiger partial charge in [0, 0.05) is 17.7 Å². The number of anilines is 1. The van der Waals surface area contributed by atoms with E-state index in [9.17, 15) is 9.59 Å². The summed E-state index contributed by atoms with van der Waals surface area (Å²) in [6, 6.07) is 9.20. The Hall–Kier alpha value is -2.82. The molecule has 0 saturated heterocycles. The van der Waals surface area contributed by atoms with Crippen LogP contribution in [0.4, 0.5) is 5.69 Å². The van der Waals surface area contributed by atoms with Crippen molar-refractivity contribution in [3.63, 3.8) is 0 Å². The van der Waals surface area contributed by atoms with Crippen LogP contribution >= 0.6 is 0 Å². The molecule has 0 saturated carbocycles. The first-order chi connectivity index (χ1) is 12.8. The molecule has 5 nitrogen and oxygen atoms in total. The van der Waals surface area contributed by atoms with E-state index in [4.69, 9.17) is 9.47 Å². The Morgan fingerprint density at radius 2 is 1.67 bits per heavy atom. The molecular weight excluding hydrogens is 342 g/mol. The zero-order chi connectivity index (χ0) is 20.0. The van der Waals surface area contributed by atoms with Crippen LogP contribution in [0, 0.1) is 20.8 Å². The number of ketones is 1. The minimum Gasteiger partial charge on any atom is -0.493 e. The number of aryl methyl sites for hydroxylation is 3. The molecule has 1 amide bonds. The average molecular weight is 369 g/mol. The molecule has 0 fully saturated rings. The second-order valence-corrected chi connectivity index (χ2v) is 6.70. The number of hydrogen-bond acceptors (Lipinski definition) is 4. The normalized spacial score (nSPS) is 10.4. The van der Waals surface area contributed by atoms with Gasteiger partial charge in [0.25, 0.3) is 0 Å². The minimum atomic E-state index is -0.0347. The van der Waals surface area contributed by atoms with Gasteiger partial charge in [-0.2, -0.15) is 0 Å². The number of Topliss-reactive ketones (excluding diaryl/α,β-unsaturated/α-hetero) is 1. The molecule has 0 atom stereocenters. The van der Waals surface area contributed by atoms with Crippen LogP contribution in [0.25, 0.3) is 0 Å². The van der Waals surface area contributed by atoms with Crippen molar-refractivity contribution < 1.29 is 19.1 Å². The number of carbonyl (C=O) groups is 2. The highest BCUT2D eigenvalue weighted by Crippen LogP contribution is 2.28. The molecule has 2 aromatic rings. The van der Waals surface area contributed by atoms with Crippen LogP contribution in [-0.4, -0.2) is 25.4 Å². The van der Waals surface area contributed by atoms with Crippen LogP contribution in [0.15, 0.2) is 30.3 Å². The predicted molar refractivity (Wildman–Crippen MR) is 107 cm³/mol. The first kappa shape index (κ1) is 20.5. The number of hydrogen-bond donors (Lipinski definition) is 1. The van der Waals surface area contributed by atoms with Gasteiger partial charge in [0.1, 0.15) is 0 Å². The van der Waals surface area contributed by atoms with Gasteiger partial charge < -0.3 is 14.8 Å². The van der Waals surface area contributed by atoms with Crippen molar-refractivity contribution in [1.29, 1.82) is 0 Å². The molecule has 144 valence electrons. The van der Waals surface area contributed by atoms with E-state index in [1.54, 1.807) is 18.2 Å². The third kappa shape index (κ3) is 5.58. The van der Waals surface area contributed by atoms with Crippen molar-refractivity contribution in [3.8, 4) is 11.5 Å². The fourth-order valence-corrected chi connectivity index (χ4v) is 3.00. The summed E-state index contributed by atoms with van der Waals surface area (Å²) < 4.78 is 11.0. The predicted octanol–water partition coefficient (Wildman–Crippen LogP) is 4.62. The largest absolute Gasteiger partial charge is 0.493 e. The van der Waals surface area contributed by atoms with Gasteiger partial charge in [-0.05, 0) is 63.4 Å². The van der Waals surface area contributed by atoms with Crippen molar-refractivity contribution >= 4 is 17.4 Å². The quantitative estimate of drug-likeness (QED) is 0.545. The summed E-state index contributed by atoms with van der Waals surface area (Å²) >= 11 is 0. The van der Waals surface area contributed by atoms with E-state index in [1.165, 1.54) is 19.6 Å². The molecule has 2 rings (SSSR count). The van der Waals surface area contributed by atoms with Crippen molar-refractivity contribution in [3.05, 3.63) is 52.6 Å². The summed E-state index contributed by atoms with van der Waals surface area (Å²) in [5.74, 6) is 1.01. The van der Waals surface area contributed by atoms with Crippen molar-refractivity contribution in [2.45, 2.75) is 40.5 Å². The summed E-state index contributed by atoms with van der Waals surface area (Å²) in [4.78, 5) is 23.7. The van der Waals surface area contributed by atoms with Crippen LogP contribution in [-0.2, 0) is 4.79 Å². The molecule has 5 heteroatoms. The number of nitrogens with one attached hydrogen (secondary N) is 1. The Bertz CT molecular complexity index is 819. The number of amides is 1. The second-order valence-electron chi connectivity index (χ2n) is 6.70. The Morgan fingerprint density at radius 1 is 1.00 bits per heavy atom. The summed E-state index contributed by atoms with van der Waals surface area (Å²) in [6.07, 6.45) is 0.938. The Kier molecular flexibility index (Phi) is 6.99. The molecule has 0 radical (unpaired) electrons. The molecule has 1 N–H and O–H groups in total. The average Bonchev–Trinajstić information content (AvgIpc) is 2.61. The number of ether oxygens (including phenoxy) is 2. The smallest absolute Gasteiger partial charge is 0.224 e. The van der Waals surface area contributed by atoms with Gasteiger partial charge in [0.15, 0.2) is 17.3 Å². The molecule has 0 spiro atoms. The summed E-state index contributed by atoms with van der Waals surface area (Å²) in [5.41, 5.74) is 4.76. The molecule has 0 aliphatic carbocycles. The minimum absolute atomic E-state index is 0.0294. The van der Waals surface area contributed by atoms with Gasteiger partial charge in [-0.15, -0.1) is 0 Å². The highest BCUT2D eigenvalue weighted by molar-refractivity contribution is 5.94. The van der Waals surface area contributed by atoms with Crippen molar-refractivity contribution in [2.75, 3.05) is 19.0 Å². The Balaban J connectivity index is 1.87. The van der Waals surface area contributed by atoms with Crippen LogP contribution in [0.2, 0.25) is 0 Å². The van der Waals surface area contributed by atoms with E-state index in [1.807, 2.05) is 20.8 Å². The van der Waals surface area contributed by atoms with E-state index >= 15 is 0 Å². The van der Waals surface area contributed by atoms with Crippen LogP contribution in [0.1, 0.15) is 46.8 Å². The molecular formula is C22H27NO4. The number of benzene rings is 2. The maximum Gasteiger partial charge on any atom is 0.224 e. The van der Waals surface area contributed by atoms with E-state index in [0.717, 1.165) is 16.8 Å². The lowest BCUT2D eigenvalue weighted by Gasteiger charge is -2.13. The summed E-state index contributed by atoms with van der Waals surface area (Å²) in [6.45, 7) is 7.92. The molecule has 2 aromatic carbocycles. The van der Waals surface area contributed by atoms with Crippen LogP contribution < -0.4 is 14.8 Å². The molecule has 0 aromatic heterocycles. The molecule has 0 bridgehead atoms. The Labute approximate surface area is 160 Å². The molecule has 0 heterocycles. The lowest BCUT2D eigenvalue weighted by molar-refractivity contribution is -0.116. The third-order valence-electron chi connectivity index (χ3n) is 4.32. The highest BCUT2D eigenvalue weighted by Gasteiger charge is 2.10. The molecule has 0 unspecified atom stereocenters. The van der Waals surface area contributed by atoms with Crippen molar-refractivity contribution in [2.24, 2.45) is 0 Å². The molecule has 27 heavy (non-hydrogen) atoms. The van der Waals surface area contributed by atoms with Gasteiger partial charge in [0.2, 0.25) is 5.91 Å². The summed E-state index contributed by atoms with van der Waals surface area (Å²) in [5, 5.41) is 2.99.